The predicted octanol–water partition coefficient (Wildman–Crippen LogP) is 2.01. The second-order valence-corrected chi connectivity index (χ2v) is 6.05. The lowest BCUT2D eigenvalue weighted by molar-refractivity contribution is 0.182. The van der Waals surface area contributed by atoms with Crippen molar-refractivity contribution in [2.75, 3.05) is 25.4 Å². The largest absolute Gasteiger partial charge is 0.399 e. The fourth-order valence-electron chi connectivity index (χ4n) is 3.28. The maximum absolute atomic E-state index is 10.0. The maximum atomic E-state index is 10.0. The molecule has 0 bridgehead atoms. The molecule has 1 aromatic heterocycles. The van der Waals surface area contributed by atoms with E-state index >= 15 is 0 Å². The Kier molecular flexibility index (Phi) is 3.87. The topological polar surface area (TPSA) is 67.3 Å². The number of fused-ring (bicyclic) bond motifs is 1. The van der Waals surface area contributed by atoms with Crippen LogP contribution in [0.5, 0.6) is 0 Å². The van der Waals surface area contributed by atoms with Gasteiger partial charge in [-0.25, -0.2) is 4.98 Å². The molecule has 1 aliphatic rings. The lowest BCUT2D eigenvalue weighted by Gasteiger charge is -2.16. The number of nitrogens with zero attached hydrogens (tertiary/aromatic N) is 3. The summed E-state index contributed by atoms with van der Waals surface area (Å²) in [6, 6.07) is 5.79. The van der Waals surface area contributed by atoms with Gasteiger partial charge in [-0.05, 0) is 50.6 Å². The van der Waals surface area contributed by atoms with Gasteiger partial charge >= 0.3 is 0 Å². The van der Waals surface area contributed by atoms with Crippen molar-refractivity contribution in [3.05, 3.63) is 24.0 Å². The molecule has 5 heteroatoms. The molecule has 5 nitrogen and oxygen atoms in total. The molecule has 0 radical (unpaired) electrons. The maximum Gasteiger partial charge on any atom is 0.138 e. The summed E-state index contributed by atoms with van der Waals surface area (Å²) in [6.07, 6.45) is 0.643. The zero-order chi connectivity index (χ0) is 15.0. The summed E-state index contributed by atoms with van der Waals surface area (Å²) in [4.78, 5) is 7.05. The van der Waals surface area contributed by atoms with Gasteiger partial charge in [0, 0.05) is 18.8 Å². The molecule has 1 aromatic carbocycles. The van der Waals surface area contributed by atoms with Crippen molar-refractivity contribution < 1.29 is 5.11 Å². The molecule has 0 spiro atoms. The van der Waals surface area contributed by atoms with E-state index in [4.69, 9.17) is 5.73 Å². The number of benzene rings is 1. The van der Waals surface area contributed by atoms with Crippen molar-refractivity contribution in [2.24, 2.45) is 5.92 Å². The zero-order valence-corrected chi connectivity index (χ0v) is 12.8. The van der Waals surface area contributed by atoms with E-state index in [0.717, 1.165) is 36.5 Å². The highest BCUT2D eigenvalue weighted by Gasteiger charge is 2.24. The number of hydrogen-bond donors (Lipinski definition) is 2. The molecule has 3 N–H and O–H groups in total. The predicted molar refractivity (Wildman–Crippen MR) is 85.0 cm³/mol. The normalized spacial score (nSPS) is 21.2. The van der Waals surface area contributed by atoms with Crippen LogP contribution in [0.1, 0.15) is 32.2 Å². The number of imidazole rings is 1. The number of aromatic nitrogens is 2. The third-order valence-corrected chi connectivity index (χ3v) is 4.43. The number of nitrogens with two attached hydrogens (primary N) is 1. The summed E-state index contributed by atoms with van der Waals surface area (Å²) in [5.74, 6) is 1.36. The summed E-state index contributed by atoms with van der Waals surface area (Å²) in [5, 5.41) is 10.0. The molecule has 1 saturated heterocycles. The molecule has 114 valence electrons. The number of aliphatic hydroxyl groups is 1. The first kappa shape index (κ1) is 14.4. The highest BCUT2D eigenvalue weighted by Crippen LogP contribution is 2.26. The van der Waals surface area contributed by atoms with Gasteiger partial charge in [0.25, 0.3) is 0 Å². The van der Waals surface area contributed by atoms with E-state index in [1.165, 1.54) is 13.0 Å². The standard InChI is InChI=1S/C16H24N4O/c1-3-19-7-6-12(9-19)10-20-15-5-4-13(17)8-14(15)18-16(20)11(2)21/h4-5,8,11-12,21H,3,6-7,9-10,17H2,1-2H3. The number of rotatable bonds is 4. The van der Waals surface area contributed by atoms with Crippen LogP contribution in [0, 0.1) is 5.92 Å². The SMILES string of the molecule is CCN1CCC(Cn2c(C(C)O)nc3cc(N)ccc32)C1. The van der Waals surface area contributed by atoms with Crippen molar-refractivity contribution in [3.8, 4) is 0 Å². The minimum atomic E-state index is -0.567. The molecule has 2 heterocycles. The van der Waals surface area contributed by atoms with Crippen LogP contribution in [0.15, 0.2) is 18.2 Å². The Morgan fingerprint density at radius 3 is 2.95 bits per heavy atom. The fourth-order valence-corrected chi connectivity index (χ4v) is 3.28. The highest BCUT2D eigenvalue weighted by molar-refractivity contribution is 5.79. The third-order valence-electron chi connectivity index (χ3n) is 4.43. The van der Waals surface area contributed by atoms with Crippen LogP contribution >= 0.6 is 0 Å². The van der Waals surface area contributed by atoms with E-state index in [2.05, 4.69) is 21.4 Å². The van der Waals surface area contributed by atoms with Crippen molar-refractivity contribution in [2.45, 2.75) is 32.9 Å². The fraction of sp³-hybridized carbons (Fsp3) is 0.562. The second-order valence-electron chi connectivity index (χ2n) is 6.05. The van der Waals surface area contributed by atoms with Gasteiger partial charge in [0.05, 0.1) is 11.0 Å². The van der Waals surface area contributed by atoms with E-state index in [9.17, 15) is 5.11 Å². The number of likely N-dealkylation sites (tertiary alicyclic amines) is 1. The molecule has 0 saturated carbocycles. The van der Waals surface area contributed by atoms with E-state index in [1.54, 1.807) is 6.92 Å². The van der Waals surface area contributed by atoms with E-state index in [1.807, 2.05) is 18.2 Å². The number of aliphatic hydroxyl groups excluding tert-OH is 1. The molecule has 2 atom stereocenters. The van der Waals surface area contributed by atoms with Gasteiger partial charge in [0.15, 0.2) is 0 Å². The molecule has 21 heavy (non-hydrogen) atoms. The number of nitrogen functional groups attached to an aromatic ring is 1. The zero-order valence-electron chi connectivity index (χ0n) is 12.8. The molecule has 3 rings (SSSR count). The third kappa shape index (κ3) is 2.76. The van der Waals surface area contributed by atoms with Crippen LogP contribution in [0.25, 0.3) is 11.0 Å². The van der Waals surface area contributed by atoms with Crippen LogP contribution in [0.3, 0.4) is 0 Å². The van der Waals surface area contributed by atoms with Crippen molar-refractivity contribution in [1.29, 1.82) is 0 Å². The van der Waals surface area contributed by atoms with Gasteiger partial charge < -0.3 is 20.3 Å². The average molecular weight is 288 g/mol. The van der Waals surface area contributed by atoms with E-state index < -0.39 is 6.10 Å². The van der Waals surface area contributed by atoms with Crippen LogP contribution in [-0.4, -0.2) is 39.2 Å². The summed E-state index contributed by atoms with van der Waals surface area (Å²) < 4.78 is 2.17. The van der Waals surface area contributed by atoms with Gasteiger partial charge in [0.1, 0.15) is 11.9 Å². The highest BCUT2D eigenvalue weighted by atomic mass is 16.3. The summed E-state index contributed by atoms with van der Waals surface area (Å²) in [6.45, 7) is 8.31. The Balaban J connectivity index is 1.94. The summed E-state index contributed by atoms with van der Waals surface area (Å²) in [7, 11) is 0. The van der Waals surface area contributed by atoms with Crippen molar-refractivity contribution in [1.82, 2.24) is 14.5 Å². The van der Waals surface area contributed by atoms with Crippen molar-refractivity contribution in [3.63, 3.8) is 0 Å². The van der Waals surface area contributed by atoms with Gasteiger partial charge in [-0.1, -0.05) is 6.92 Å². The van der Waals surface area contributed by atoms with Crippen LogP contribution < -0.4 is 5.73 Å². The molecule has 1 fully saturated rings. The Morgan fingerprint density at radius 2 is 2.29 bits per heavy atom. The lowest BCUT2D eigenvalue weighted by atomic mass is 10.1. The first-order chi connectivity index (χ1) is 10.1. The first-order valence-corrected chi connectivity index (χ1v) is 7.74. The van der Waals surface area contributed by atoms with Gasteiger partial charge in [-0.3, -0.25) is 0 Å². The van der Waals surface area contributed by atoms with Crippen molar-refractivity contribution >= 4 is 16.7 Å². The Labute approximate surface area is 125 Å². The monoisotopic (exact) mass is 288 g/mol. The molecule has 2 aromatic rings. The van der Waals surface area contributed by atoms with Crippen LogP contribution in [0.4, 0.5) is 5.69 Å². The van der Waals surface area contributed by atoms with Gasteiger partial charge in [0.2, 0.25) is 0 Å². The molecular weight excluding hydrogens is 264 g/mol. The van der Waals surface area contributed by atoms with Gasteiger partial charge in [-0.15, -0.1) is 0 Å². The van der Waals surface area contributed by atoms with Gasteiger partial charge in [-0.2, -0.15) is 0 Å². The average Bonchev–Trinajstić information content (AvgIpc) is 3.04. The molecule has 0 aliphatic carbocycles. The molecule has 2 unspecified atom stereocenters. The first-order valence-electron chi connectivity index (χ1n) is 7.74. The Morgan fingerprint density at radius 1 is 1.48 bits per heavy atom. The number of hydrogen-bond acceptors (Lipinski definition) is 4. The van der Waals surface area contributed by atoms with Crippen LogP contribution in [-0.2, 0) is 6.54 Å². The minimum Gasteiger partial charge on any atom is -0.399 e. The number of anilines is 1. The smallest absolute Gasteiger partial charge is 0.138 e. The summed E-state index contributed by atoms with van der Waals surface area (Å²) >= 11 is 0. The molecule has 0 amide bonds. The quantitative estimate of drug-likeness (QED) is 0.845. The second kappa shape index (κ2) is 5.66. The minimum absolute atomic E-state index is 0.567. The lowest BCUT2D eigenvalue weighted by Crippen LogP contribution is -2.22. The Bertz CT molecular complexity index is 634. The Hall–Kier alpha value is -1.59. The van der Waals surface area contributed by atoms with E-state index in [-0.39, 0.29) is 0 Å². The molecular formula is C16H24N4O. The molecule has 1 aliphatic heterocycles. The summed E-state index contributed by atoms with van der Waals surface area (Å²) in [5.41, 5.74) is 8.49. The van der Waals surface area contributed by atoms with E-state index in [0.29, 0.717) is 11.6 Å². The van der Waals surface area contributed by atoms with Crippen LogP contribution in [0.2, 0.25) is 0 Å².